The number of fused-ring (bicyclic) bond motifs is 1. The average Bonchev–Trinajstić information content (AvgIpc) is 2.88. The van der Waals surface area contributed by atoms with Crippen LogP contribution in [0.25, 0.3) is 10.9 Å². The van der Waals surface area contributed by atoms with Gasteiger partial charge < -0.3 is 10.0 Å². The van der Waals surface area contributed by atoms with Crippen LogP contribution in [0.1, 0.15) is 19.3 Å². The first kappa shape index (κ1) is 15.6. The van der Waals surface area contributed by atoms with Gasteiger partial charge in [0.25, 0.3) is 5.56 Å². The van der Waals surface area contributed by atoms with Gasteiger partial charge in [0.05, 0.1) is 21.8 Å². The van der Waals surface area contributed by atoms with Crippen LogP contribution in [0, 0.1) is 0 Å². The van der Waals surface area contributed by atoms with E-state index in [2.05, 4.69) is 16.9 Å². The van der Waals surface area contributed by atoms with E-state index in [0.717, 1.165) is 19.4 Å². The molecular weight excluding hydrogens is 325 g/mol. The van der Waals surface area contributed by atoms with Crippen LogP contribution in [0.2, 0.25) is 10.0 Å². The highest BCUT2D eigenvalue weighted by Crippen LogP contribution is 2.34. The first-order valence-corrected chi connectivity index (χ1v) is 8.01. The van der Waals surface area contributed by atoms with Gasteiger partial charge in [0.15, 0.2) is 5.75 Å². The molecule has 0 spiro atoms. The fourth-order valence-electron chi connectivity index (χ4n) is 3.04. The van der Waals surface area contributed by atoms with Gasteiger partial charge in [0.2, 0.25) is 0 Å². The number of aromatic hydroxyl groups is 1. The predicted molar refractivity (Wildman–Crippen MR) is 88.0 cm³/mol. The molecule has 22 heavy (non-hydrogen) atoms. The molecule has 1 N–H and O–H groups in total. The number of phenols is 1. The summed E-state index contributed by atoms with van der Waals surface area (Å²) in [4.78, 5) is 19.0. The van der Waals surface area contributed by atoms with E-state index < -0.39 is 0 Å². The fraction of sp³-hybridized carbons (Fsp3) is 0.467. The second-order valence-corrected chi connectivity index (χ2v) is 6.54. The number of nitrogens with zero attached hydrogens (tertiary/aromatic N) is 3. The maximum absolute atomic E-state index is 12.6. The smallest absolute Gasteiger partial charge is 0.262 e. The average molecular weight is 342 g/mol. The number of benzene rings is 1. The highest BCUT2D eigenvalue weighted by atomic mass is 35.5. The number of hydrogen-bond donors (Lipinski definition) is 1. The largest absolute Gasteiger partial charge is 0.504 e. The lowest BCUT2D eigenvalue weighted by atomic mass is 10.1. The molecule has 1 aromatic carbocycles. The Bertz CT molecular complexity index is 775. The van der Waals surface area contributed by atoms with Crippen LogP contribution in [0.4, 0.5) is 0 Å². The molecule has 0 amide bonds. The van der Waals surface area contributed by atoms with Gasteiger partial charge in [0, 0.05) is 12.6 Å². The van der Waals surface area contributed by atoms with Crippen molar-refractivity contribution in [2.75, 3.05) is 13.6 Å². The summed E-state index contributed by atoms with van der Waals surface area (Å²) < 4.78 is 1.55. The molecule has 2 heterocycles. The normalized spacial score (nSPS) is 19.1. The lowest BCUT2D eigenvalue weighted by Gasteiger charge is -2.19. The highest BCUT2D eigenvalue weighted by molar-refractivity contribution is 6.39. The highest BCUT2D eigenvalue weighted by Gasteiger charge is 2.21. The molecule has 3 rings (SSSR count). The molecule has 7 heteroatoms. The van der Waals surface area contributed by atoms with E-state index >= 15 is 0 Å². The van der Waals surface area contributed by atoms with E-state index in [1.807, 2.05) is 0 Å². The van der Waals surface area contributed by atoms with Gasteiger partial charge in [0.1, 0.15) is 5.52 Å². The number of phenolic OH excluding ortho intramolecular Hbond substituents is 1. The van der Waals surface area contributed by atoms with Crippen molar-refractivity contribution in [2.24, 2.45) is 0 Å². The van der Waals surface area contributed by atoms with Crippen LogP contribution in [0.5, 0.6) is 5.75 Å². The quantitative estimate of drug-likeness (QED) is 0.932. The van der Waals surface area contributed by atoms with Crippen LogP contribution in [0.3, 0.4) is 0 Å². The van der Waals surface area contributed by atoms with Crippen molar-refractivity contribution >= 4 is 34.1 Å². The zero-order valence-corrected chi connectivity index (χ0v) is 13.7. The van der Waals surface area contributed by atoms with Crippen LogP contribution in [-0.4, -0.2) is 39.2 Å². The van der Waals surface area contributed by atoms with Crippen molar-refractivity contribution in [3.63, 3.8) is 0 Å². The lowest BCUT2D eigenvalue weighted by Crippen LogP contribution is -2.29. The summed E-state index contributed by atoms with van der Waals surface area (Å²) in [6.45, 7) is 1.68. The third-order valence-electron chi connectivity index (χ3n) is 4.36. The summed E-state index contributed by atoms with van der Waals surface area (Å²) in [7, 11) is 2.11. The molecule has 118 valence electrons. The third-order valence-corrected chi connectivity index (χ3v) is 4.94. The summed E-state index contributed by atoms with van der Waals surface area (Å²) >= 11 is 12.0. The molecule has 1 atom stereocenters. The molecular formula is C15H17Cl2N3O2. The van der Waals surface area contributed by atoms with Crippen molar-refractivity contribution < 1.29 is 5.11 Å². The molecule has 0 radical (unpaired) electrons. The second kappa shape index (κ2) is 6.07. The van der Waals surface area contributed by atoms with Crippen molar-refractivity contribution in [2.45, 2.75) is 31.8 Å². The maximum Gasteiger partial charge on any atom is 0.262 e. The minimum absolute atomic E-state index is 0.0923. The Balaban J connectivity index is 1.95. The molecule has 0 saturated carbocycles. The van der Waals surface area contributed by atoms with Gasteiger partial charge in [-0.05, 0) is 38.9 Å². The van der Waals surface area contributed by atoms with E-state index in [1.165, 1.54) is 18.8 Å². The Morgan fingerprint density at radius 3 is 2.86 bits per heavy atom. The van der Waals surface area contributed by atoms with Gasteiger partial charge in [-0.25, -0.2) is 4.98 Å². The fourth-order valence-corrected chi connectivity index (χ4v) is 3.57. The third kappa shape index (κ3) is 2.69. The standard InChI is InChI=1S/C15H17Cl2N3O2/c1-19-5-2-3-9(19)4-6-20-8-18-13-12(15(20)22)10(16)7-11(17)14(13)21/h7-9,21H,2-6H2,1H3. The number of hydrogen-bond acceptors (Lipinski definition) is 4. The Morgan fingerprint density at radius 1 is 1.41 bits per heavy atom. The molecule has 2 aromatic rings. The second-order valence-electron chi connectivity index (χ2n) is 5.72. The Labute approximate surface area is 138 Å². The zero-order valence-electron chi connectivity index (χ0n) is 12.2. The van der Waals surface area contributed by atoms with Crippen LogP contribution in [-0.2, 0) is 6.54 Å². The number of likely N-dealkylation sites (tertiary alicyclic amines) is 1. The van der Waals surface area contributed by atoms with Crippen LogP contribution < -0.4 is 5.56 Å². The van der Waals surface area contributed by atoms with E-state index in [9.17, 15) is 9.90 Å². The van der Waals surface area contributed by atoms with Crippen LogP contribution in [0.15, 0.2) is 17.2 Å². The van der Waals surface area contributed by atoms with Crippen molar-refractivity contribution in [3.8, 4) is 5.75 Å². The molecule has 0 bridgehead atoms. The topological polar surface area (TPSA) is 58.4 Å². The summed E-state index contributed by atoms with van der Waals surface area (Å²) in [5.41, 5.74) is -0.0978. The number of rotatable bonds is 3. The molecule has 1 aliphatic rings. The molecule has 1 fully saturated rings. The Hall–Kier alpha value is -1.30. The summed E-state index contributed by atoms with van der Waals surface area (Å²) in [5.74, 6) is -0.208. The van der Waals surface area contributed by atoms with Gasteiger partial charge in [-0.2, -0.15) is 0 Å². The van der Waals surface area contributed by atoms with Crippen molar-refractivity contribution in [1.29, 1.82) is 0 Å². The first-order valence-electron chi connectivity index (χ1n) is 7.25. The molecule has 5 nitrogen and oxygen atoms in total. The Morgan fingerprint density at radius 2 is 2.18 bits per heavy atom. The SMILES string of the molecule is CN1CCCC1CCn1cnc2c(O)c(Cl)cc(Cl)c2c1=O. The van der Waals surface area contributed by atoms with Gasteiger partial charge in [-0.3, -0.25) is 9.36 Å². The van der Waals surface area contributed by atoms with Crippen molar-refractivity contribution in [1.82, 2.24) is 14.5 Å². The van der Waals surface area contributed by atoms with Gasteiger partial charge in [-0.1, -0.05) is 23.2 Å². The van der Waals surface area contributed by atoms with Crippen molar-refractivity contribution in [3.05, 3.63) is 32.8 Å². The molecule has 1 saturated heterocycles. The predicted octanol–water partition coefficient (Wildman–Crippen LogP) is 2.89. The van der Waals surface area contributed by atoms with E-state index in [-0.39, 0.29) is 32.3 Å². The first-order chi connectivity index (χ1) is 10.5. The zero-order chi connectivity index (χ0) is 15.9. The Kier molecular flexibility index (Phi) is 4.30. The monoisotopic (exact) mass is 341 g/mol. The minimum Gasteiger partial charge on any atom is -0.504 e. The number of aryl methyl sites for hydroxylation is 1. The molecule has 1 aromatic heterocycles. The maximum atomic E-state index is 12.6. The number of aromatic nitrogens is 2. The summed E-state index contributed by atoms with van der Waals surface area (Å²) in [6, 6.07) is 1.87. The van der Waals surface area contributed by atoms with Gasteiger partial charge >= 0.3 is 0 Å². The lowest BCUT2D eigenvalue weighted by molar-refractivity contribution is 0.285. The van der Waals surface area contributed by atoms with E-state index in [4.69, 9.17) is 23.2 Å². The molecule has 0 aliphatic carbocycles. The minimum atomic E-state index is -0.248. The summed E-state index contributed by atoms with van der Waals surface area (Å²) in [6.07, 6.45) is 4.69. The molecule has 1 aliphatic heterocycles. The molecule has 1 unspecified atom stereocenters. The number of halogens is 2. The van der Waals surface area contributed by atoms with Gasteiger partial charge in [-0.15, -0.1) is 0 Å². The summed E-state index contributed by atoms with van der Waals surface area (Å²) in [5, 5.41) is 10.4. The van der Waals surface area contributed by atoms with E-state index in [1.54, 1.807) is 4.57 Å². The van der Waals surface area contributed by atoms with E-state index in [0.29, 0.717) is 12.6 Å². The van der Waals surface area contributed by atoms with Crippen LogP contribution >= 0.6 is 23.2 Å².